The zero-order valence-electron chi connectivity index (χ0n) is 16.7. The molecule has 1 fully saturated rings. The van der Waals surface area contributed by atoms with Crippen molar-refractivity contribution in [1.82, 2.24) is 15.2 Å². The second-order valence-corrected chi connectivity index (χ2v) is 9.39. The fourth-order valence-corrected chi connectivity index (χ4v) is 4.87. The Morgan fingerprint density at radius 1 is 1.27 bits per heavy atom. The molecule has 0 saturated carbocycles. The summed E-state index contributed by atoms with van der Waals surface area (Å²) < 4.78 is 0.772. The van der Waals surface area contributed by atoms with E-state index in [1.165, 1.54) is 16.9 Å². The Morgan fingerprint density at radius 3 is 2.90 bits per heavy atom. The number of benzene rings is 1. The Bertz CT molecular complexity index is 1070. The van der Waals surface area contributed by atoms with Crippen molar-refractivity contribution in [3.63, 3.8) is 0 Å². The van der Waals surface area contributed by atoms with Gasteiger partial charge in [-0.3, -0.25) is 14.6 Å². The molecule has 2 amide bonds. The number of anilines is 2. The summed E-state index contributed by atoms with van der Waals surface area (Å²) in [5.41, 5.74) is 4.23. The summed E-state index contributed by atoms with van der Waals surface area (Å²) in [6, 6.07) is 9.81. The molecule has 3 aromatic rings. The van der Waals surface area contributed by atoms with Crippen molar-refractivity contribution < 1.29 is 9.59 Å². The van der Waals surface area contributed by atoms with Gasteiger partial charge in [0.25, 0.3) is 0 Å². The van der Waals surface area contributed by atoms with Crippen LogP contribution >= 0.6 is 23.1 Å². The zero-order valence-corrected chi connectivity index (χ0v) is 18.3. The molecule has 30 heavy (non-hydrogen) atoms. The minimum Gasteiger partial charge on any atom is -0.312 e. The molecule has 4 rings (SSSR count). The average molecular weight is 440 g/mol. The van der Waals surface area contributed by atoms with Gasteiger partial charge in [-0.15, -0.1) is 10.2 Å². The number of nitrogens with one attached hydrogen (secondary N) is 1. The van der Waals surface area contributed by atoms with Crippen molar-refractivity contribution in [1.29, 1.82) is 0 Å². The molecule has 0 spiro atoms. The number of hydrogen-bond acceptors (Lipinski definition) is 7. The van der Waals surface area contributed by atoms with E-state index in [0.717, 1.165) is 26.9 Å². The first kappa shape index (κ1) is 20.5. The molecule has 0 unspecified atom stereocenters. The summed E-state index contributed by atoms with van der Waals surface area (Å²) in [6.45, 7) is 4.42. The smallest absolute Gasteiger partial charge is 0.231 e. The molecule has 154 valence electrons. The Morgan fingerprint density at radius 2 is 2.13 bits per heavy atom. The van der Waals surface area contributed by atoms with Crippen molar-refractivity contribution >= 4 is 45.7 Å². The third-order valence-corrected chi connectivity index (χ3v) is 7.06. The first-order valence-corrected chi connectivity index (χ1v) is 11.3. The quantitative estimate of drug-likeness (QED) is 0.464. The fourth-order valence-electron chi connectivity index (χ4n) is 3.18. The van der Waals surface area contributed by atoms with Gasteiger partial charge in [0.2, 0.25) is 16.9 Å². The van der Waals surface area contributed by atoms with E-state index in [0.29, 0.717) is 11.7 Å². The van der Waals surface area contributed by atoms with E-state index in [1.807, 2.05) is 50.4 Å². The van der Waals surface area contributed by atoms with Crippen LogP contribution in [-0.4, -0.2) is 33.5 Å². The highest BCUT2D eigenvalue weighted by Gasteiger charge is 2.35. The normalized spacial score (nSPS) is 16.1. The van der Waals surface area contributed by atoms with E-state index in [4.69, 9.17) is 0 Å². The summed E-state index contributed by atoms with van der Waals surface area (Å²) in [5.74, 6) is 0.0888. The number of nitrogens with zero attached hydrogens (tertiary/aromatic N) is 4. The van der Waals surface area contributed by atoms with Gasteiger partial charge in [0.15, 0.2) is 4.34 Å². The lowest BCUT2D eigenvalue weighted by molar-refractivity contribution is -0.122. The average Bonchev–Trinajstić information content (AvgIpc) is 3.36. The van der Waals surface area contributed by atoms with Crippen molar-refractivity contribution in [3.05, 3.63) is 59.4 Å². The summed E-state index contributed by atoms with van der Waals surface area (Å²) in [5, 5.41) is 11.5. The van der Waals surface area contributed by atoms with Gasteiger partial charge in [-0.2, -0.15) is 0 Å². The third-order valence-electron chi connectivity index (χ3n) is 5.02. The number of hydrogen-bond donors (Lipinski definition) is 1. The van der Waals surface area contributed by atoms with Crippen LogP contribution in [0.3, 0.4) is 0 Å². The Hall–Kier alpha value is -2.78. The molecule has 1 atom stereocenters. The maximum Gasteiger partial charge on any atom is 0.231 e. The Labute approximate surface area is 182 Å². The largest absolute Gasteiger partial charge is 0.312 e. The Balaban J connectivity index is 1.34. The molecule has 0 bridgehead atoms. The lowest BCUT2D eigenvalue weighted by atomic mass is 10.1. The Kier molecular flexibility index (Phi) is 6.10. The molecule has 1 aromatic carbocycles. The number of carbonyl (C=O) groups excluding carboxylic acids is 2. The number of carbonyl (C=O) groups is 2. The molecule has 1 N–H and O–H groups in total. The topological polar surface area (TPSA) is 88.1 Å². The standard InChI is InChI=1S/C21H21N5O2S2/c1-13-5-6-17(8-14(13)2)26-11-16(9-18(26)27)19(28)23-20-24-25-21(30-20)29-12-15-4-3-7-22-10-15/h3-8,10,16H,9,11-12H2,1-2H3,(H,23,24,28)/t16-/m1/s1. The van der Waals surface area contributed by atoms with E-state index >= 15 is 0 Å². The molecule has 0 aliphatic carbocycles. The van der Waals surface area contributed by atoms with Crippen molar-refractivity contribution in [2.75, 3.05) is 16.8 Å². The SMILES string of the molecule is Cc1ccc(N2C[C@H](C(=O)Nc3nnc(SCc4cccnc4)s3)CC2=O)cc1C. The van der Waals surface area contributed by atoms with Crippen molar-refractivity contribution in [2.45, 2.75) is 30.4 Å². The second kappa shape index (κ2) is 8.93. The van der Waals surface area contributed by atoms with Gasteiger partial charge < -0.3 is 10.2 Å². The summed E-state index contributed by atoms with van der Waals surface area (Å²) in [4.78, 5) is 30.9. The molecular weight excluding hydrogens is 418 g/mol. The van der Waals surface area contributed by atoms with Crippen molar-refractivity contribution in [2.24, 2.45) is 5.92 Å². The second-order valence-electron chi connectivity index (χ2n) is 7.19. The van der Waals surface area contributed by atoms with Crippen LogP contribution in [0.5, 0.6) is 0 Å². The number of amides is 2. The van der Waals surface area contributed by atoms with Crippen LogP contribution < -0.4 is 10.2 Å². The van der Waals surface area contributed by atoms with E-state index in [9.17, 15) is 9.59 Å². The van der Waals surface area contributed by atoms with Crippen LogP contribution in [0.25, 0.3) is 0 Å². The van der Waals surface area contributed by atoms with Crippen LogP contribution in [0.1, 0.15) is 23.1 Å². The molecule has 0 radical (unpaired) electrons. The molecule has 1 aliphatic rings. The number of aromatic nitrogens is 3. The molecule has 3 heterocycles. The van der Waals surface area contributed by atoms with Gasteiger partial charge >= 0.3 is 0 Å². The first-order valence-electron chi connectivity index (χ1n) is 9.53. The van der Waals surface area contributed by atoms with Gasteiger partial charge in [0, 0.05) is 36.8 Å². The lowest BCUT2D eigenvalue weighted by Gasteiger charge is -2.17. The molecular formula is C21H21N5O2S2. The third kappa shape index (κ3) is 4.68. The van der Waals surface area contributed by atoms with Crippen LogP contribution in [0.15, 0.2) is 47.1 Å². The van der Waals surface area contributed by atoms with E-state index < -0.39 is 5.92 Å². The molecule has 1 aliphatic heterocycles. The molecule has 1 saturated heterocycles. The van der Waals surface area contributed by atoms with Crippen LogP contribution in [0, 0.1) is 19.8 Å². The number of rotatable bonds is 6. The van der Waals surface area contributed by atoms with Crippen LogP contribution in [0.2, 0.25) is 0 Å². The number of pyridine rings is 1. The van der Waals surface area contributed by atoms with E-state index in [1.54, 1.807) is 22.9 Å². The summed E-state index contributed by atoms with van der Waals surface area (Å²) in [6.07, 6.45) is 3.75. The van der Waals surface area contributed by atoms with Crippen LogP contribution in [0.4, 0.5) is 10.8 Å². The fraction of sp³-hybridized carbons (Fsp3) is 0.286. The minimum atomic E-state index is -0.408. The molecule has 2 aromatic heterocycles. The van der Waals surface area contributed by atoms with Gasteiger partial charge in [0.05, 0.1) is 5.92 Å². The predicted molar refractivity (Wildman–Crippen MR) is 119 cm³/mol. The van der Waals surface area contributed by atoms with Gasteiger partial charge in [0.1, 0.15) is 0 Å². The van der Waals surface area contributed by atoms with Crippen LogP contribution in [-0.2, 0) is 15.3 Å². The summed E-state index contributed by atoms with van der Waals surface area (Å²) in [7, 11) is 0. The highest BCUT2D eigenvalue weighted by Crippen LogP contribution is 2.30. The van der Waals surface area contributed by atoms with Gasteiger partial charge in [-0.25, -0.2) is 0 Å². The maximum absolute atomic E-state index is 12.7. The minimum absolute atomic E-state index is 0.0385. The number of thioether (sulfide) groups is 1. The first-order chi connectivity index (χ1) is 14.5. The van der Waals surface area contributed by atoms with Gasteiger partial charge in [-0.05, 0) is 48.7 Å². The number of aryl methyl sites for hydroxylation is 2. The highest BCUT2D eigenvalue weighted by atomic mass is 32.2. The molecule has 9 heteroatoms. The predicted octanol–water partition coefficient (Wildman–Crippen LogP) is 3.83. The highest BCUT2D eigenvalue weighted by molar-refractivity contribution is 8.00. The summed E-state index contributed by atoms with van der Waals surface area (Å²) >= 11 is 2.88. The lowest BCUT2D eigenvalue weighted by Crippen LogP contribution is -2.28. The monoisotopic (exact) mass is 439 g/mol. The maximum atomic E-state index is 12.7. The van der Waals surface area contributed by atoms with Crippen molar-refractivity contribution in [3.8, 4) is 0 Å². The molecule has 7 nitrogen and oxygen atoms in total. The zero-order chi connectivity index (χ0) is 21.1. The van der Waals surface area contributed by atoms with E-state index in [2.05, 4.69) is 20.5 Å². The van der Waals surface area contributed by atoms with Gasteiger partial charge in [-0.1, -0.05) is 35.2 Å². The van der Waals surface area contributed by atoms with E-state index in [-0.39, 0.29) is 18.2 Å².